The highest BCUT2D eigenvalue weighted by atomic mass is 16.3. The lowest BCUT2D eigenvalue weighted by Gasteiger charge is -2.19. The molecule has 0 atom stereocenters. The van der Waals surface area contributed by atoms with E-state index in [4.69, 9.17) is 4.42 Å². The molecule has 2 aromatic rings. The van der Waals surface area contributed by atoms with E-state index in [0.29, 0.717) is 0 Å². The highest BCUT2D eigenvalue weighted by Crippen LogP contribution is 2.32. The summed E-state index contributed by atoms with van der Waals surface area (Å²) in [4.78, 5) is 0. The van der Waals surface area contributed by atoms with E-state index >= 15 is 0 Å². The van der Waals surface area contributed by atoms with Crippen LogP contribution < -0.4 is 0 Å². The van der Waals surface area contributed by atoms with Gasteiger partial charge in [0.2, 0.25) is 0 Å². The van der Waals surface area contributed by atoms with Crippen LogP contribution in [0.2, 0.25) is 0 Å². The summed E-state index contributed by atoms with van der Waals surface area (Å²) in [7, 11) is 0. The highest BCUT2D eigenvalue weighted by Gasteiger charge is 2.19. The summed E-state index contributed by atoms with van der Waals surface area (Å²) in [6.45, 7) is 8.74. The molecule has 0 amide bonds. The molecule has 0 aliphatic rings. The molecule has 1 nitrogen and oxygen atoms in total. The first-order chi connectivity index (χ1) is 6.50. The van der Waals surface area contributed by atoms with Gasteiger partial charge in [0, 0.05) is 10.9 Å². The van der Waals surface area contributed by atoms with Crippen LogP contribution in [0.25, 0.3) is 11.0 Å². The van der Waals surface area contributed by atoms with Crippen LogP contribution in [0.5, 0.6) is 0 Å². The summed E-state index contributed by atoms with van der Waals surface area (Å²) in [6.07, 6.45) is 1.77. The van der Waals surface area contributed by atoms with Gasteiger partial charge in [-0.3, -0.25) is 0 Å². The molecule has 1 heterocycles. The van der Waals surface area contributed by atoms with Gasteiger partial charge in [-0.2, -0.15) is 0 Å². The molecular formula is C13H16O. The quantitative estimate of drug-likeness (QED) is 0.608. The van der Waals surface area contributed by atoms with Crippen LogP contribution in [0, 0.1) is 6.92 Å². The first kappa shape index (κ1) is 9.32. The van der Waals surface area contributed by atoms with Gasteiger partial charge in [-0.15, -0.1) is 0 Å². The molecule has 0 saturated carbocycles. The van der Waals surface area contributed by atoms with Gasteiger partial charge < -0.3 is 4.42 Å². The van der Waals surface area contributed by atoms with E-state index in [0.717, 1.165) is 5.58 Å². The summed E-state index contributed by atoms with van der Waals surface area (Å²) in [5.74, 6) is 0. The van der Waals surface area contributed by atoms with Crippen molar-refractivity contribution in [1.82, 2.24) is 0 Å². The summed E-state index contributed by atoms with van der Waals surface area (Å²) in [5, 5.41) is 1.23. The molecular weight excluding hydrogens is 172 g/mol. The van der Waals surface area contributed by atoms with Crippen molar-refractivity contribution in [2.45, 2.75) is 33.1 Å². The smallest absolute Gasteiger partial charge is 0.137 e. The first-order valence-corrected chi connectivity index (χ1v) is 4.97. The van der Waals surface area contributed by atoms with E-state index in [2.05, 4.69) is 39.8 Å². The van der Waals surface area contributed by atoms with E-state index in [1.165, 1.54) is 16.5 Å². The molecule has 74 valence electrons. The average Bonchev–Trinajstić information content (AvgIpc) is 2.50. The van der Waals surface area contributed by atoms with Crippen molar-refractivity contribution in [3.8, 4) is 0 Å². The zero-order valence-electron chi connectivity index (χ0n) is 9.22. The second-order valence-electron chi connectivity index (χ2n) is 4.84. The van der Waals surface area contributed by atoms with Crippen LogP contribution in [0.4, 0.5) is 0 Å². The van der Waals surface area contributed by atoms with E-state index in [-0.39, 0.29) is 5.41 Å². The van der Waals surface area contributed by atoms with Crippen molar-refractivity contribution in [2.75, 3.05) is 0 Å². The molecule has 0 unspecified atom stereocenters. The van der Waals surface area contributed by atoms with E-state index in [9.17, 15) is 0 Å². The van der Waals surface area contributed by atoms with Gasteiger partial charge in [0.1, 0.15) is 5.58 Å². The summed E-state index contributed by atoms with van der Waals surface area (Å²) >= 11 is 0. The summed E-state index contributed by atoms with van der Waals surface area (Å²) in [5.41, 5.74) is 3.74. The Morgan fingerprint density at radius 1 is 1.07 bits per heavy atom. The number of hydrogen-bond acceptors (Lipinski definition) is 1. The van der Waals surface area contributed by atoms with E-state index in [1.54, 1.807) is 6.26 Å². The zero-order chi connectivity index (χ0) is 10.3. The molecule has 0 aliphatic carbocycles. The molecule has 0 N–H and O–H groups in total. The first-order valence-electron chi connectivity index (χ1n) is 4.97. The Bertz CT molecular complexity index is 458. The second-order valence-corrected chi connectivity index (χ2v) is 4.84. The van der Waals surface area contributed by atoms with Crippen LogP contribution >= 0.6 is 0 Å². The maximum absolute atomic E-state index is 5.56. The van der Waals surface area contributed by atoms with Gasteiger partial charge >= 0.3 is 0 Å². The van der Waals surface area contributed by atoms with Crippen LogP contribution in [0.15, 0.2) is 28.9 Å². The third-order valence-corrected chi connectivity index (χ3v) is 2.64. The Morgan fingerprint density at radius 2 is 1.79 bits per heavy atom. The van der Waals surface area contributed by atoms with Gasteiger partial charge in [0.25, 0.3) is 0 Å². The summed E-state index contributed by atoms with van der Waals surface area (Å²) < 4.78 is 5.56. The third-order valence-electron chi connectivity index (χ3n) is 2.64. The van der Waals surface area contributed by atoms with E-state index < -0.39 is 0 Å². The molecule has 0 saturated heterocycles. The van der Waals surface area contributed by atoms with Crippen LogP contribution in [0.1, 0.15) is 31.9 Å². The zero-order valence-corrected chi connectivity index (χ0v) is 9.22. The molecule has 0 bridgehead atoms. The third kappa shape index (κ3) is 1.33. The minimum Gasteiger partial charge on any atom is -0.464 e. The topological polar surface area (TPSA) is 13.1 Å². The average molecular weight is 188 g/mol. The lowest BCUT2D eigenvalue weighted by molar-refractivity contribution is 0.558. The number of aryl methyl sites for hydroxylation is 1. The molecule has 0 aliphatic heterocycles. The fourth-order valence-electron chi connectivity index (χ4n) is 1.79. The van der Waals surface area contributed by atoms with Crippen LogP contribution in [-0.2, 0) is 5.41 Å². The molecule has 1 heteroatoms. The number of hydrogen-bond donors (Lipinski definition) is 0. The Hall–Kier alpha value is -1.24. The van der Waals surface area contributed by atoms with Gasteiger partial charge in [-0.1, -0.05) is 32.9 Å². The number of benzene rings is 1. The largest absolute Gasteiger partial charge is 0.464 e. The Balaban J connectivity index is 2.80. The number of fused-ring (bicyclic) bond motifs is 1. The predicted molar refractivity (Wildman–Crippen MR) is 59.7 cm³/mol. The van der Waals surface area contributed by atoms with Gasteiger partial charge in [0.15, 0.2) is 0 Å². The second kappa shape index (κ2) is 2.88. The molecule has 1 aromatic heterocycles. The maximum Gasteiger partial charge on any atom is 0.137 e. The summed E-state index contributed by atoms with van der Waals surface area (Å²) in [6, 6.07) is 6.37. The lowest BCUT2D eigenvalue weighted by atomic mass is 9.85. The molecule has 0 radical (unpaired) electrons. The van der Waals surface area contributed by atoms with Gasteiger partial charge in [-0.05, 0) is 24.0 Å². The fourth-order valence-corrected chi connectivity index (χ4v) is 1.79. The number of rotatable bonds is 0. The van der Waals surface area contributed by atoms with Crippen molar-refractivity contribution < 1.29 is 4.42 Å². The Morgan fingerprint density at radius 3 is 2.43 bits per heavy atom. The Labute approximate surface area is 84.7 Å². The normalized spacial score (nSPS) is 12.3. The van der Waals surface area contributed by atoms with Gasteiger partial charge in [-0.25, -0.2) is 0 Å². The van der Waals surface area contributed by atoms with Crippen molar-refractivity contribution >= 4 is 11.0 Å². The minimum atomic E-state index is 0.143. The minimum absolute atomic E-state index is 0.143. The SMILES string of the molecule is Cc1ccc(C(C)(C)C)c2occc12. The molecule has 14 heavy (non-hydrogen) atoms. The van der Waals surface area contributed by atoms with Crippen molar-refractivity contribution in [1.29, 1.82) is 0 Å². The molecule has 2 rings (SSSR count). The molecule has 0 fully saturated rings. The van der Waals surface area contributed by atoms with Crippen LogP contribution in [-0.4, -0.2) is 0 Å². The van der Waals surface area contributed by atoms with Gasteiger partial charge in [0.05, 0.1) is 6.26 Å². The fraction of sp³-hybridized carbons (Fsp3) is 0.385. The Kier molecular flexibility index (Phi) is 1.91. The lowest BCUT2D eigenvalue weighted by Crippen LogP contribution is -2.11. The predicted octanol–water partition coefficient (Wildman–Crippen LogP) is 4.04. The standard InChI is InChI=1S/C13H16O/c1-9-5-6-11(13(2,3)4)12-10(9)7-8-14-12/h5-8H,1-4H3. The van der Waals surface area contributed by atoms with Crippen molar-refractivity contribution in [3.05, 3.63) is 35.6 Å². The number of furan rings is 1. The maximum atomic E-state index is 5.56. The van der Waals surface area contributed by atoms with E-state index in [1.807, 2.05) is 6.07 Å². The highest BCUT2D eigenvalue weighted by molar-refractivity contribution is 5.84. The monoisotopic (exact) mass is 188 g/mol. The molecule has 1 aromatic carbocycles. The van der Waals surface area contributed by atoms with Crippen molar-refractivity contribution in [3.63, 3.8) is 0 Å². The van der Waals surface area contributed by atoms with Crippen LogP contribution in [0.3, 0.4) is 0 Å². The van der Waals surface area contributed by atoms with Crippen molar-refractivity contribution in [2.24, 2.45) is 0 Å². The molecule has 0 spiro atoms.